The van der Waals surface area contributed by atoms with Gasteiger partial charge in [0, 0.05) is 43.9 Å². The average Bonchev–Trinajstić information content (AvgIpc) is 3.71. The van der Waals surface area contributed by atoms with Gasteiger partial charge in [0.15, 0.2) is 0 Å². The number of carbonyl (C=O) groups excluding carboxylic acids is 1. The van der Waals surface area contributed by atoms with Gasteiger partial charge >= 0.3 is 0 Å². The summed E-state index contributed by atoms with van der Waals surface area (Å²) in [4.78, 5) is 16.7. The van der Waals surface area contributed by atoms with Crippen LogP contribution in [0.25, 0.3) is 11.1 Å². The number of piperidine rings is 1. The first-order valence-corrected chi connectivity index (χ1v) is 15.3. The standard InChI is InChI=1S/C36H42N4O/c1-26(2)17-19-39-25-30(22-38-39)31-15-9-10-16-32(31)33-23-37-24-34(33)36(41)40-20-18-29(27-11-5-3-6-12-27)21-35(40)28-13-7-4-8-14-28/h3-16,22,25-26,29,33-35,37H,17-21,23-24H2,1-2H3/t29-,33-,34+,35-/m0/s1. The van der Waals surface area contributed by atoms with Crippen molar-refractivity contribution in [1.29, 1.82) is 0 Å². The van der Waals surface area contributed by atoms with Crippen LogP contribution in [0.3, 0.4) is 0 Å². The van der Waals surface area contributed by atoms with Crippen LogP contribution in [0.1, 0.15) is 67.7 Å². The molecular weight excluding hydrogens is 504 g/mol. The van der Waals surface area contributed by atoms with Crippen molar-refractivity contribution in [3.05, 3.63) is 114 Å². The first kappa shape index (κ1) is 27.5. The lowest BCUT2D eigenvalue weighted by Crippen LogP contribution is -2.45. The van der Waals surface area contributed by atoms with Crippen molar-refractivity contribution < 1.29 is 4.79 Å². The fraction of sp³-hybridized carbons (Fsp3) is 0.389. The van der Waals surface area contributed by atoms with Crippen LogP contribution in [-0.2, 0) is 11.3 Å². The molecule has 1 aromatic heterocycles. The number of aromatic nitrogens is 2. The number of carbonyl (C=O) groups is 1. The Kier molecular flexibility index (Phi) is 8.33. The monoisotopic (exact) mass is 546 g/mol. The number of aryl methyl sites for hydroxylation is 1. The normalized spacial score (nSPS) is 22.8. The summed E-state index contributed by atoms with van der Waals surface area (Å²) < 4.78 is 2.06. The molecule has 0 bridgehead atoms. The second kappa shape index (κ2) is 12.4. The van der Waals surface area contributed by atoms with Gasteiger partial charge in [0.1, 0.15) is 0 Å². The molecule has 0 radical (unpaired) electrons. The van der Waals surface area contributed by atoms with E-state index in [9.17, 15) is 4.79 Å². The Labute approximate surface area is 244 Å². The number of nitrogens with one attached hydrogen (secondary N) is 1. The van der Waals surface area contributed by atoms with E-state index in [1.807, 2.05) is 6.20 Å². The van der Waals surface area contributed by atoms with Gasteiger partial charge in [-0.1, -0.05) is 98.8 Å². The van der Waals surface area contributed by atoms with E-state index in [1.54, 1.807) is 0 Å². The molecule has 3 heterocycles. The Morgan fingerprint density at radius 3 is 2.39 bits per heavy atom. The second-order valence-electron chi connectivity index (χ2n) is 12.2. The Balaban J connectivity index is 1.26. The number of hydrogen-bond donors (Lipinski definition) is 1. The number of nitrogens with zero attached hydrogens (tertiary/aromatic N) is 3. The number of amides is 1. The lowest BCUT2D eigenvalue weighted by atomic mass is 9.80. The molecule has 4 aromatic rings. The SMILES string of the molecule is CC(C)CCn1cc(-c2ccccc2[C@@H]2CNC[C@H]2C(=O)N2CC[C@H](c3ccccc3)C[C@H]2c2ccccc2)cn1. The summed E-state index contributed by atoms with van der Waals surface area (Å²) in [5.74, 6) is 1.41. The fourth-order valence-corrected chi connectivity index (χ4v) is 6.82. The van der Waals surface area contributed by atoms with Gasteiger partial charge in [0.2, 0.25) is 5.91 Å². The van der Waals surface area contributed by atoms with E-state index in [1.165, 1.54) is 22.3 Å². The maximum atomic E-state index is 14.5. The maximum absolute atomic E-state index is 14.5. The van der Waals surface area contributed by atoms with E-state index in [0.29, 0.717) is 18.4 Å². The zero-order valence-corrected chi connectivity index (χ0v) is 24.3. The molecule has 6 rings (SSSR count). The largest absolute Gasteiger partial charge is 0.335 e. The van der Waals surface area contributed by atoms with Crippen molar-refractivity contribution in [2.24, 2.45) is 11.8 Å². The highest BCUT2D eigenvalue weighted by molar-refractivity contribution is 5.82. The van der Waals surface area contributed by atoms with E-state index < -0.39 is 0 Å². The molecule has 41 heavy (non-hydrogen) atoms. The van der Waals surface area contributed by atoms with E-state index in [-0.39, 0.29) is 23.8 Å². The first-order chi connectivity index (χ1) is 20.1. The molecular formula is C36H42N4O. The molecule has 5 nitrogen and oxygen atoms in total. The minimum Gasteiger partial charge on any atom is -0.335 e. The van der Waals surface area contributed by atoms with E-state index in [0.717, 1.165) is 44.5 Å². The lowest BCUT2D eigenvalue weighted by molar-refractivity contribution is -0.139. The van der Waals surface area contributed by atoms with E-state index in [2.05, 4.69) is 125 Å². The quantitative estimate of drug-likeness (QED) is 0.258. The molecule has 4 atom stereocenters. The molecule has 3 aromatic carbocycles. The molecule has 0 spiro atoms. The van der Waals surface area contributed by atoms with Crippen LogP contribution in [0.15, 0.2) is 97.3 Å². The Hall–Kier alpha value is -3.70. The number of benzene rings is 3. The summed E-state index contributed by atoms with van der Waals surface area (Å²) in [7, 11) is 0. The number of rotatable bonds is 8. The predicted octanol–water partition coefficient (Wildman–Crippen LogP) is 7.05. The van der Waals surface area contributed by atoms with Gasteiger partial charge in [-0.3, -0.25) is 9.48 Å². The minimum atomic E-state index is -0.0911. The Morgan fingerprint density at radius 1 is 0.927 bits per heavy atom. The van der Waals surface area contributed by atoms with Gasteiger partial charge in [0.25, 0.3) is 0 Å². The molecule has 2 fully saturated rings. The lowest BCUT2D eigenvalue weighted by Gasteiger charge is -2.42. The Bertz CT molecular complexity index is 1430. The topological polar surface area (TPSA) is 50.2 Å². The molecule has 0 unspecified atom stereocenters. The molecule has 212 valence electrons. The summed E-state index contributed by atoms with van der Waals surface area (Å²) in [6.07, 6.45) is 7.21. The third kappa shape index (κ3) is 6.01. The van der Waals surface area contributed by atoms with Gasteiger partial charge in [0.05, 0.1) is 18.2 Å². The summed E-state index contributed by atoms with van der Waals surface area (Å²) >= 11 is 0. The molecule has 2 aliphatic rings. The molecule has 1 N–H and O–H groups in total. The van der Waals surface area contributed by atoms with Crippen LogP contribution in [0.4, 0.5) is 0 Å². The average molecular weight is 547 g/mol. The van der Waals surface area contributed by atoms with Crippen molar-refractivity contribution in [1.82, 2.24) is 20.0 Å². The van der Waals surface area contributed by atoms with Crippen LogP contribution in [0, 0.1) is 11.8 Å². The smallest absolute Gasteiger partial charge is 0.228 e. The Morgan fingerprint density at radius 2 is 1.63 bits per heavy atom. The molecule has 0 saturated carbocycles. The first-order valence-electron chi connectivity index (χ1n) is 15.3. The van der Waals surface area contributed by atoms with Crippen molar-refractivity contribution >= 4 is 5.91 Å². The van der Waals surface area contributed by atoms with Crippen LogP contribution in [0.5, 0.6) is 0 Å². The van der Waals surface area contributed by atoms with Gasteiger partial charge in [-0.05, 0) is 53.4 Å². The highest BCUT2D eigenvalue weighted by atomic mass is 16.2. The van der Waals surface area contributed by atoms with Crippen molar-refractivity contribution in [3.63, 3.8) is 0 Å². The molecule has 0 aliphatic carbocycles. The van der Waals surface area contributed by atoms with Gasteiger partial charge in [-0.2, -0.15) is 5.10 Å². The van der Waals surface area contributed by atoms with E-state index in [4.69, 9.17) is 0 Å². The molecule has 2 saturated heterocycles. The fourth-order valence-electron chi connectivity index (χ4n) is 6.82. The second-order valence-corrected chi connectivity index (χ2v) is 12.2. The molecule has 2 aliphatic heterocycles. The number of likely N-dealkylation sites (tertiary alicyclic amines) is 1. The molecule has 5 heteroatoms. The van der Waals surface area contributed by atoms with Gasteiger partial charge in [-0.25, -0.2) is 0 Å². The van der Waals surface area contributed by atoms with Crippen LogP contribution in [-0.4, -0.2) is 40.2 Å². The number of hydrogen-bond acceptors (Lipinski definition) is 3. The summed E-state index contributed by atoms with van der Waals surface area (Å²) in [5, 5.41) is 8.24. The third-order valence-electron chi connectivity index (χ3n) is 9.11. The highest BCUT2D eigenvalue weighted by Crippen LogP contribution is 2.42. The third-order valence-corrected chi connectivity index (χ3v) is 9.11. The zero-order valence-electron chi connectivity index (χ0n) is 24.3. The van der Waals surface area contributed by atoms with Crippen molar-refractivity contribution in [2.45, 2.75) is 57.5 Å². The highest BCUT2D eigenvalue weighted by Gasteiger charge is 2.41. The maximum Gasteiger partial charge on any atom is 0.228 e. The molecule has 1 amide bonds. The van der Waals surface area contributed by atoms with Crippen molar-refractivity contribution in [2.75, 3.05) is 19.6 Å². The van der Waals surface area contributed by atoms with Crippen molar-refractivity contribution in [3.8, 4) is 11.1 Å². The summed E-state index contributed by atoms with van der Waals surface area (Å²) in [5.41, 5.74) is 6.18. The van der Waals surface area contributed by atoms with Gasteiger partial charge < -0.3 is 10.2 Å². The van der Waals surface area contributed by atoms with Crippen LogP contribution in [0.2, 0.25) is 0 Å². The summed E-state index contributed by atoms with van der Waals surface area (Å²) in [6, 6.07) is 30.2. The summed E-state index contributed by atoms with van der Waals surface area (Å²) in [6.45, 7) is 7.72. The van der Waals surface area contributed by atoms with Crippen LogP contribution >= 0.6 is 0 Å². The van der Waals surface area contributed by atoms with Crippen LogP contribution < -0.4 is 5.32 Å². The van der Waals surface area contributed by atoms with Gasteiger partial charge in [-0.15, -0.1) is 0 Å². The zero-order chi connectivity index (χ0) is 28.2. The predicted molar refractivity (Wildman–Crippen MR) is 166 cm³/mol. The van der Waals surface area contributed by atoms with E-state index >= 15 is 0 Å². The minimum absolute atomic E-state index is 0.0818.